The molecule has 2 aromatic rings. The van der Waals surface area contributed by atoms with Gasteiger partial charge in [-0.05, 0) is 48.2 Å². The Labute approximate surface area is 168 Å². The average Bonchev–Trinajstić information content (AvgIpc) is 2.68. The highest BCUT2D eigenvalue weighted by Crippen LogP contribution is 2.29. The Balaban J connectivity index is 1.59. The van der Waals surface area contributed by atoms with Gasteiger partial charge in [0.25, 0.3) is 0 Å². The minimum Gasteiger partial charge on any atom is -0.494 e. The molecule has 2 aromatic carbocycles. The lowest BCUT2D eigenvalue weighted by Gasteiger charge is -2.36. The first-order chi connectivity index (χ1) is 13.4. The molecule has 28 heavy (non-hydrogen) atoms. The molecule has 0 saturated carbocycles. The number of para-hydroxylation sites is 1. The lowest BCUT2D eigenvalue weighted by molar-refractivity contribution is 0.208. The van der Waals surface area contributed by atoms with E-state index in [1.807, 2.05) is 42.2 Å². The summed E-state index contributed by atoms with van der Waals surface area (Å²) in [7, 11) is 0. The second-order valence-corrected chi connectivity index (χ2v) is 8.13. The minimum atomic E-state index is -0.0250. The fourth-order valence-electron chi connectivity index (χ4n) is 3.53. The van der Waals surface area contributed by atoms with Crippen molar-refractivity contribution in [3.8, 4) is 5.75 Å². The third kappa shape index (κ3) is 4.77. The van der Waals surface area contributed by atoms with Crippen molar-refractivity contribution in [2.45, 2.75) is 33.1 Å². The number of nitrogens with one attached hydrogen (secondary N) is 1. The Bertz CT molecular complexity index is 788. The van der Waals surface area contributed by atoms with E-state index >= 15 is 0 Å². The lowest BCUT2D eigenvalue weighted by atomic mass is 9.86. The van der Waals surface area contributed by atoms with Crippen LogP contribution in [-0.2, 0) is 5.41 Å². The van der Waals surface area contributed by atoms with Crippen LogP contribution in [0.25, 0.3) is 0 Å². The zero-order chi connectivity index (χ0) is 20.1. The number of carbonyl (C=O) groups is 1. The number of carbonyl (C=O) groups excluding carboxylic acids is 1. The molecule has 0 bridgehead atoms. The molecule has 1 saturated heterocycles. The first-order valence-corrected chi connectivity index (χ1v) is 10.0. The van der Waals surface area contributed by atoms with E-state index < -0.39 is 0 Å². The Morgan fingerprint density at radius 2 is 1.64 bits per heavy atom. The number of benzene rings is 2. The Morgan fingerprint density at radius 3 is 2.25 bits per heavy atom. The summed E-state index contributed by atoms with van der Waals surface area (Å²) in [5.41, 5.74) is 3.20. The third-order valence-corrected chi connectivity index (χ3v) is 5.06. The van der Waals surface area contributed by atoms with Gasteiger partial charge in [-0.3, -0.25) is 0 Å². The molecule has 150 valence electrons. The first-order valence-electron chi connectivity index (χ1n) is 10.0. The van der Waals surface area contributed by atoms with Crippen LogP contribution < -0.4 is 15.0 Å². The quantitative estimate of drug-likeness (QED) is 0.832. The highest BCUT2D eigenvalue weighted by molar-refractivity contribution is 5.90. The van der Waals surface area contributed by atoms with Crippen molar-refractivity contribution in [2.75, 3.05) is 43.0 Å². The number of urea groups is 1. The van der Waals surface area contributed by atoms with E-state index in [1.54, 1.807) is 0 Å². The normalized spacial score (nSPS) is 14.7. The van der Waals surface area contributed by atoms with Crippen LogP contribution in [0, 0.1) is 0 Å². The molecule has 1 aliphatic rings. The van der Waals surface area contributed by atoms with Gasteiger partial charge in [0.1, 0.15) is 5.75 Å². The molecule has 0 atom stereocenters. The predicted molar refractivity (Wildman–Crippen MR) is 116 cm³/mol. The Hall–Kier alpha value is -2.69. The Morgan fingerprint density at radius 1 is 1.00 bits per heavy atom. The van der Waals surface area contributed by atoms with Gasteiger partial charge in [0.15, 0.2) is 0 Å². The van der Waals surface area contributed by atoms with Gasteiger partial charge < -0.3 is 19.9 Å². The van der Waals surface area contributed by atoms with Gasteiger partial charge in [0.05, 0.1) is 6.61 Å². The molecule has 0 unspecified atom stereocenters. The van der Waals surface area contributed by atoms with Gasteiger partial charge in [-0.25, -0.2) is 4.79 Å². The van der Waals surface area contributed by atoms with Crippen LogP contribution in [0.1, 0.15) is 33.3 Å². The van der Waals surface area contributed by atoms with Crippen LogP contribution >= 0.6 is 0 Å². The van der Waals surface area contributed by atoms with Crippen LogP contribution in [0.2, 0.25) is 0 Å². The zero-order valence-electron chi connectivity index (χ0n) is 17.4. The maximum absolute atomic E-state index is 12.8. The third-order valence-electron chi connectivity index (χ3n) is 5.06. The van der Waals surface area contributed by atoms with Crippen LogP contribution in [0.3, 0.4) is 0 Å². The molecule has 1 aliphatic heterocycles. The molecule has 0 aromatic heterocycles. The number of rotatable bonds is 4. The number of nitrogens with zero attached hydrogens (tertiary/aromatic N) is 2. The van der Waals surface area contributed by atoms with Crippen molar-refractivity contribution < 1.29 is 9.53 Å². The van der Waals surface area contributed by atoms with Crippen LogP contribution in [0.5, 0.6) is 5.75 Å². The Kier molecular flexibility index (Phi) is 6.12. The smallest absolute Gasteiger partial charge is 0.321 e. The molecular weight excluding hydrogens is 350 g/mol. The van der Waals surface area contributed by atoms with Gasteiger partial charge in [-0.15, -0.1) is 0 Å². The molecular formula is C23H31N3O2. The molecule has 1 heterocycles. The van der Waals surface area contributed by atoms with Gasteiger partial charge >= 0.3 is 6.03 Å². The summed E-state index contributed by atoms with van der Waals surface area (Å²) in [4.78, 5) is 17.0. The van der Waals surface area contributed by atoms with Crippen molar-refractivity contribution in [3.63, 3.8) is 0 Å². The molecule has 5 heteroatoms. The summed E-state index contributed by atoms with van der Waals surface area (Å²) >= 11 is 0. The second-order valence-electron chi connectivity index (χ2n) is 8.13. The van der Waals surface area contributed by atoms with E-state index in [-0.39, 0.29) is 11.4 Å². The van der Waals surface area contributed by atoms with E-state index in [9.17, 15) is 4.79 Å². The molecule has 0 spiro atoms. The van der Waals surface area contributed by atoms with Crippen molar-refractivity contribution in [1.82, 2.24) is 4.90 Å². The number of anilines is 2. The van der Waals surface area contributed by atoms with Gasteiger partial charge in [-0.2, -0.15) is 0 Å². The fourth-order valence-corrected chi connectivity index (χ4v) is 3.53. The van der Waals surface area contributed by atoms with Crippen molar-refractivity contribution in [3.05, 3.63) is 54.1 Å². The van der Waals surface area contributed by atoms with Crippen molar-refractivity contribution in [2.24, 2.45) is 0 Å². The van der Waals surface area contributed by atoms with E-state index in [1.165, 1.54) is 5.69 Å². The molecule has 0 radical (unpaired) electrons. The molecule has 1 fully saturated rings. The van der Waals surface area contributed by atoms with Crippen LogP contribution in [0.4, 0.5) is 16.2 Å². The highest BCUT2D eigenvalue weighted by atomic mass is 16.5. The summed E-state index contributed by atoms with van der Waals surface area (Å²) in [5.74, 6) is 0.891. The summed E-state index contributed by atoms with van der Waals surface area (Å²) in [5, 5.41) is 3.11. The number of hydrogen-bond donors (Lipinski definition) is 1. The standard InChI is InChI=1S/C23H31N3O2/c1-5-28-19-12-10-18(11-13-19)25-14-16-26(17-15-25)22(27)24-21-9-7-6-8-20(21)23(2,3)4/h6-13H,5,14-17H2,1-4H3,(H,24,27). The summed E-state index contributed by atoms with van der Waals surface area (Å²) in [6.07, 6.45) is 0. The highest BCUT2D eigenvalue weighted by Gasteiger charge is 2.24. The molecule has 1 N–H and O–H groups in total. The second kappa shape index (κ2) is 8.55. The largest absolute Gasteiger partial charge is 0.494 e. The predicted octanol–water partition coefficient (Wildman–Crippen LogP) is 4.74. The molecule has 2 amide bonds. The maximum Gasteiger partial charge on any atom is 0.321 e. The number of ether oxygens (including phenoxy) is 1. The van der Waals surface area contributed by atoms with E-state index in [0.29, 0.717) is 19.7 Å². The lowest BCUT2D eigenvalue weighted by Crippen LogP contribution is -2.50. The zero-order valence-corrected chi connectivity index (χ0v) is 17.4. The topological polar surface area (TPSA) is 44.8 Å². The van der Waals surface area contributed by atoms with Crippen molar-refractivity contribution in [1.29, 1.82) is 0 Å². The number of amides is 2. The maximum atomic E-state index is 12.8. The summed E-state index contributed by atoms with van der Waals surface area (Å²) in [6, 6.07) is 16.2. The SMILES string of the molecule is CCOc1ccc(N2CCN(C(=O)Nc3ccccc3C(C)(C)C)CC2)cc1. The van der Waals surface area contributed by atoms with Gasteiger partial charge in [-0.1, -0.05) is 39.0 Å². The van der Waals surface area contributed by atoms with E-state index in [0.717, 1.165) is 30.1 Å². The van der Waals surface area contributed by atoms with E-state index in [2.05, 4.69) is 49.2 Å². The van der Waals surface area contributed by atoms with Gasteiger partial charge in [0.2, 0.25) is 0 Å². The minimum absolute atomic E-state index is 0.0176. The molecule has 3 rings (SSSR count). The first kappa shape index (κ1) is 20.1. The van der Waals surface area contributed by atoms with Crippen LogP contribution in [0.15, 0.2) is 48.5 Å². The fraction of sp³-hybridized carbons (Fsp3) is 0.435. The monoisotopic (exact) mass is 381 g/mol. The molecule has 5 nitrogen and oxygen atoms in total. The summed E-state index contributed by atoms with van der Waals surface area (Å²) < 4.78 is 5.51. The van der Waals surface area contributed by atoms with Crippen molar-refractivity contribution >= 4 is 17.4 Å². The number of hydrogen-bond acceptors (Lipinski definition) is 3. The summed E-state index contributed by atoms with van der Waals surface area (Å²) in [6.45, 7) is 12.2. The number of piperazine rings is 1. The molecule has 0 aliphatic carbocycles. The van der Waals surface area contributed by atoms with E-state index in [4.69, 9.17) is 4.74 Å². The van der Waals surface area contributed by atoms with Gasteiger partial charge in [0, 0.05) is 37.6 Å². The van der Waals surface area contributed by atoms with Crippen LogP contribution in [-0.4, -0.2) is 43.7 Å². The average molecular weight is 382 g/mol.